The van der Waals surface area contributed by atoms with Gasteiger partial charge in [-0.3, -0.25) is 4.79 Å². The Balaban J connectivity index is 2.31. The lowest BCUT2D eigenvalue weighted by Crippen LogP contribution is -2.16. The van der Waals surface area contributed by atoms with Crippen LogP contribution in [0, 0.1) is 0 Å². The van der Waals surface area contributed by atoms with E-state index in [-0.39, 0.29) is 17.0 Å². The molecular formula is C10H15ClN4O2S. The van der Waals surface area contributed by atoms with Crippen molar-refractivity contribution >= 4 is 41.0 Å². The maximum Gasteiger partial charge on any atom is 0.235 e. The molecule has 1 rings (SSSR count). The van der Waals surface area contributed by atoms with E-state index in [9.17, 15) is 4.79 Å². The lowest BCUT2D eigenvalue weighted by atomic mass is 10.5. The van der Waals surface area contributed by atoms with Crippen molar-refractivity contribution in [2.24, 2.45) is 0 Å². The molecule has 0 saturated carbocycles. The number of nitrogens with zero attached hydrogens (tertiary/aromatic N) is 2. The number of carbonyl (C=O) groups excluding carboxylic acids is 1. The van der Waals surface area contributed by atoms with E-state index >= 15 is 0 Å². The first-order chi connectivity index (χ1) is 8.61. The van der Waals surface area contributed by atoms with Crippen molar-refractivity contribution in [2.75, 3.05) is 36.3 Å². The van der Waals surface area contributed by atoms with Gasteiger partial charge in [-0.15, -0.1) is 0 Å². The van der Waals surface area contributed by atoms with Crippen LogP contribution in [0.4, 0.5) is 11.8 Å². The Bertz CT molecular complexity index is 385. The number of nitrogen functional groups attached to an aromatic ring is 1. The molecule has 100 valence electrons. The van der Waals surface area contributed by atoms with E-state index in [4.69, 9.17) is 22.1 Å². The highest BCUT2D eigenvalue weighted by Gasteiger charge is 2.05. The fourth-order valence-electron chi connectivity index (χ4n) is 1.15. The van der Waals surface area contributed by atoms with Crippen LogP contribution in [0.25, 0.3) is 0 Å². The largest absolute Gasteiger partial charge is 0.385 e. The summed E-state index contributed by atoms with van der Waals surface area (Å²) in [7, 11) is 1.65. The van der Waals surface area contributed by atoms with Crippen molar-refractivity contribution < 1.29 is 9.53 Å². The Kier molecular flexibility index (Phi) is 6.77. The van der Waals surface area contributed by atoms with Crippen LogP contribution in [-0.2, 0) is 9.53 Å². The molecule has 0 spiro atoms. The molecule has 0 saturated heterocycles. The molecule has 1 aromatic rings. The number of methoxy groups -OCH3 is 1. The lowest BCUT2D eigenvalue weighted by molar-refractivity contribution is -0.113. The number of hydrogen-bond donors (Lipinski definition) is 2. The fraction of sp³-hybridized carbons (Fsp3) is 0.500. The van der Waals surface area contributed by atoms with Gasteiger partial charge in [-0.05, 0) is 12.2 Å². The number of carbonyl (C=O) groups is 1. The number of rotatable bonds is 7. The zero-order valence-corrected chi connectivity index (χ0v) is 11.6. The number of amides is 1. The third kappa shape index (κ3) is 6.04. The molecule has 1 heterocycles. The van der Waals surface area contributed by atoms with Crippen molar-refractivity contribution in [3.63, 3.8) is 0 Å². The Morgan fingerprint density at radius 3 is 3.06 bits per heavy atom. The van der Waals surface area contributed by atoms with Gasteiger partial charge in [0, 0.05) is 19.8 Å². The second-order valence-electron chi connectivity index (χ2n) is 3.38. The summed E-state index contributed by atoms with van der Waals surface area (Å²) in [6.07, 6.45) is 0.917. The number of halogens is 1. The molecule has 0 aliphatic rings. The normalized spacial score (nSPS) is 10.3. The van der Waals surface area contributed by atoms with Gasteiger partial charge in [-0.25, -0.2) is 4.98 Å². The summed E-state index contributed by atoms with van der Waals surface area (Å²) in [5.41, 5.74) is 5.41. The molecule has 0 atom stereocenters. The van der Waals surface area contributed by atoms with Gasteiger partial charge in [0.25, 0.3) is 0 Å². The second-order valence-corrected chi connectivity index (χ2v) is 4.87. The van der Waals surface area contributed by atoms with Gasteiger partial charge >= 0.3 is 0 Å². The summed E-state index contributed by atoms with van der Waals surface area (Å²) in [6.45, 7) is 0.701. The van der Waals surface area contributed by atoms with Crippen molar-refractivity contribution in [3.05, 3.63) is 11.2 Å². The van der Waals surface area contributed by atoms with Crippen LogP contribution in [0.5, 0.6) is 0 Å². The molecule has 0 radical (unpaired) electrons. The molecule has 0 fully saturated rings. The Hall–Kier alpha value is -1.05. The quantitative estimate of drug-likeness (QED) is 0.583. The highest BCUT2D eigenvalue weighted by atomic mass is 35.5. The molecule has 18 heavy (non-hydrogen) atoms. The summed E-state index contributed by atoms with van der Waals surface area (Å²) >= 11 is 7.22. The number of thioether (sulfide) groups is 1. The molecule has 0 unspecified atom stereocenters. The van der Waals surface area contributed by atoms with Gasteiger partial charge in [0.2, 0.25) is 11.9 Å². The maximum absolute atomic E-state index is 11.6. The van der Waals surface area contributed by atoms with Crippen LogP contribution >= 0.6 is 23.4 Å². The van der Waals surface area contributed by atoms with Gasteiger partial charge in [-0.1, -0.05) is 11.6 Å². The third-order valence-electron chi connectivity index (χ3n) is 1.85. The highest BCUT2D eigenvalue weighted by molar-refractivity contribution is 7.99. The van der Waals surface area contributed by atoms with Crippen LogP contribution < -0.4 is 11.1 Å². The smallest absolute Gasteiger partial charge is 0.235 e. The summed E-state index contributed by atoms with van der Waals surface area (Å²) < 4.78 is 4.91. The Labute approximate surface area is 115 Å². The predicted octanol–water partition coefficient (Wildman–Crippen LogP) is 1.42. The minimum Gasteiger partial charge on any atom is -0.385 e. The molecule has 6 nitrogen and oxygen atoms in total. The molecule has 1 aromatic heterocycles. The summed E-state index contributed by atoms with van der Waals surface area (Å²) in [5.74, 6) is 1.42. The van der Waals surface area contributed by atoms with Crippen molar-refractivity contribution in [1.82, 2.24) is 9.97 Å². The average Bonchev–Trinajstić information content (AvgIpc) is 2.27. The zero-order valence-electron chi connectivity index (χ0n) is 9.98. The third-order valence-corrected chi connectivity index (χ3v) is 3.09. The lowest BCUT2D eigenvalue weighted by Gasteiger charge is -2.05. The molecule has 8 heteroatoms. The monoisotopic (exact) mass is 290 g/mol. The van der Waals surface area contributed by atoms with Crippen LogP contribution in [0.15, 0.2) is 6.07 Å². The second kappa shape index (κ2) is 8.12. The molecule has 0 bridgehead atoms. The average molecular weight is 291 g/mol. The number of nitrogens with two attached hydrogens (primary N) is 1. The summed E-state index contributed by atoms with van der Waals surface area (Å²) in [5, 5.41) is 2.81. The van der Waals surface area contributed by atoms with E-state index in [0.717, 1.165) is 12.2 Å². The standard InChI is InChI=1S/C10H15ClN4O2S/c1-17-3-2-4-18-6-9(16)14-8-5-7(11)13-10(12)15-8/h5H,2-4,6H2,1H3,(H3,12,13,14,15,16). The number of nitrogens with one attached hydrogen (secondary N) is 1. The van der Waals surface area contributed by atoms with Crippen LogP contribution in [0.2, 0.25) is 5.15 Å². The van der Waals surface area contributed by atoms with E-state index in [0.29, 0.717) is 18.2 Å². The summed E-state index contributed by atoms with van der Waals surface area (Å²) in [6, 6.07) is 1.45. The number of hydrogen-bond acceptors (Lipinski definition) is 6. The van der Waals surface area contributed by atoms with Gasteiger partial charge in [-0.2, -0.15) is 16.7 Å². The first-order valence-electron chi connectivity index (χ1n) is 5.28. The molecule has 3 N–H and O–H groups in total. The molecule has 0 aliphatic carbocycles. The zero-order chi connectivity index (χ0) is 13.4. The number of aromatic nitrogens is 2. The van der Waals surface area contributed by atoms with E-state index in [1.807, 2.05) is 0 Å². The molecular weight excluding hydrogens is 276 g/mol. The van der Waals surface area contributed by atoms with Crippen molar-refractivity contribution in [2.45, 2.75) is 6.42 Å². The predicted molar refractivity (Wildman–Crippen MR) is 73.9 cm³/mol. The van der Waals surface area contributed by atoms with E-state index in [1.54, 1.807) is 7.11 Å². The van der Waals surface area contributed by atoms with Crippen molar-refractivity contribution in [3.8, 4) is 0 Å². The minimum absolute atomic E-state index is 0.0329. The van der Waals surface area contributed by atoms with Gasteiger partial charge in [0.05, 0.1) is 5.75 Å². The Morgan fingerprint density at radius 2 is 2.39 bits per heavy atom. The van der Waals surface area contributed by atoms with E-state index in [2.05, 4.69) is 15.3 Å². The number of anilines is 2. The SMILES string of the molecule is COCCCSCC(=O)Nc1cc(Cl)nc(N)n1. The molecule has 1 amide bonds. The van der Waals surface area contributed by atoms with Gasteiger partial charge in [0.15, 0.2) is 0 Å². The first-order valence-corrected chi connectivity index (χ1v) is 6.81. The minimum atomic E-state index is -0.147. The number of ether oxygens (including phenoxy) is 1. The van der Waals surface area contributed by atoms with Crippen LogP contribution in [-0.4, -0.2) is 41.1 Å². The Morgan fingerprint density at radius 1 is 1.61 bits per heavy atom. The van der Waals surface area contributed by atoms with E-state index < -0.39 is 0 Å². The van der Waals surface area contributed by atoms with Crippen LogP contribution in [0.3, 0.4) is 0 Å². The molecule has 0 aromatic carbocycles. The fourth-order valence-corrected chi connectivity index (χ4v) is 2.06. The summed E-state index contributed by atoms with van der Waals surface area (Å²) in [4.78, 5) is 19.1. The highest BCUT2D eigenvalue weighted by Crippen LogP contribution is 2.13. The molecule has 0 aliphatic heterocycles. The van der Waals surface area contributed by atoms with Crippen molar-refractivity contribution in [1.29, 1.82) is 0 Å². The van der Waals surface area contributed by atoms with E-state index in [1.165, 1.54) is 17.8 Å². The van der Waals surface area contributed by atoms with Crippen LogP contribution in [0.1, 0.15) is 6.42 Å². The maximum atomic E-state index is 11.6. The topological polar surface area (TPSA) is 90.1 Å². The van der Waals surface area contributed by atoms with Gasteiger partial charge < -0.3 is 15.8 Å². The first kappa shape index (κ1) is 15.0. The van der Waals surface area contributed by atoms with Gasteiger partial charge in [0.1, 0.15) is 11.0 Å².